The molecule has 11 heteroatoms. The monoisotopic (exact) mass is 630 g/mol. The van der Waals surface area contributed by atoms with Crippen LogP contribution in [0.5, 0.6) is 5.75 Å². The fourth-order valence-electron chi connectivity index (χ4n) is 6.40. The summed E-state index contributed by atoms with van der Waals surface area (Å²) in [5.74, 6) is -2.91. The summed E-state index contributed by atoms with van der Waals surface area (Å²) < 4.78 is 11.2. The van der Waals surface area contributed by atoms with Gasteiger partial charge >= 0.3 is 0 Å². The zero-order chi connectivity index (χ0) is 32.5. The molecule has 1 aromatic heterocycles. The van der Waals surface area contributed by atoms with Gasteiger partial charge in [0.1, 0.15) is 6.04 Å². The van der Waals surface area contributed by atoms with Crippen molar-refractivity contribution in [2.45, 2.75) is 76.4 Å². The van der Waals surface area contributed by atoms with Crippen molar-refractivity contribution in [1.29, 1.82) is 0 Å². The highest BCUT2D eigenvalue weighted by molar-refractivity contribution is 6.38. The molecule has 0 bridgehead atoms. The molecule has 46 heavy (non-hydrogen) atoms. The standard InChI is InChI=1S/C35H42N4O7/c1-45-28-16-8-14-24-20-29(46-31(24)28)34(43)39-27(18-22-10-4-2-5-11-22)33(42)38-26(19-25-15-9-17-36-32(25)41)30(40)35(44)37-21-23-12-6-3-7-13-23/h3,6-8,12-14,16,20,22,25-27H,2,4-5,9-11,15,17-19,21H2,1H3,(H,36,41)(H,37,44)(H,38,42)(H,39,43). The molecule has 3 atom stereocenters. The maximum Gasteiger partial charge on any atom is 0.289 e. The van der Waals surface area contributed by atoms with Crippen LogP contribution in [0.4, 0.5) is 0 Å². The maximum absolute atomic E-state index is 13.9. The molecule has 2 aromatic carbocycles. The molecule has 2 heterocycles. The van der Waals surface area contributed by atoms with Crippen molar-refractivity contribution in [2.24, 2.45) is 11.8 Å². The number of piperidine rings is 1. The van der Waals surface area contributed by atoms with Crippen LogP contribution in [0.25, 0.3) is 11.0 Å². The first-order valence-corrected chi connectivity index (χ1v) is 16.1. The Morgan fingerprint density at radius 2 is 1.70 bits per heavy atom. The van der Waals surface area contributed by atoms with Gasteiger partial charge in [-0.15, -0.1) is 0 Å². The van der Waals surface area contributed by atoms with Gasteiger partial charge in [-0.2, -0.15) is 0 Å². The molecule has 1 aliphatic carbocycles. The Hall–Kier alpha value is -4.67. The van der Waals surface area contributed by atoms with E-state index < -0.39 is 41.5 Å². The average Bonchev–Trinajstić information content (AvgIpc) is 3.53. The number of fused-ring (bicyclic) bond motifs is 1. The second kappa shape index (κ2) is 15.6. The second-order valence-corrected chi connectivity index (χ2v) is 12.2. The number of hydrogen-bond donors (Lipinski definition) is 4. The largest absolute Gasteiger partial charge is 0.493 e. The molecular formula is C35H42N4O7. The lowest BCUT2D eigenvalue weighted by Crippen LogP contribution is -2.55. The second-order valence-electron chi connectivity index (χ2n) is 12.2. The molecule has 11 nitrogen and oxygen atoms in total. The molecule has 2 aliphatic rings. The Labute approximate surface area is 268 Å². The lowest BCUT2D eigenvalue weighted by atomic mass is 9.84. The van der Waals surface area contributed by atoms with Crippen molar-refractivity contribution < 1.29 is 33.1 Å². The Kier molecular flexibility index (Phi) is 11.1. The van der Waals surface area contributed by atoms with Crippen LogP contribution in [0, 0.1) is 11.8 Å². The van der Waals surface area contributed by atoms with E-state index in [-0.39, 0.29) is 30.6 Å². The number of ketones is 1. The number of carbonyl (C=O) groups excluding carboxylic acids is 5. The first kappa shape index (κ1) is 32.7. The van der Waals surface area contributed by atoms with Crippen LogP contribution in [0.3, 0.4) is 0 Å². The summed E-state index contributed by atoms with van der Waals surface area (Å²) in [7, 11) is 1.51. The summed E-state index contributed by atoms with van der Waals surface area (Å²) in [5, 5.41) is 11.7. The number of amides is 4. The minimum atomic E-state index is -1.25. The van der Waals surface area contributed by atoms with Crippen molar-refractivity contribution in [3.05, 3.63) is 65.9 Å². The quantitative estimate of drug-likeness (QED) is 0.209. The molecule has 0 radical (unpaired) electrons. The summed E-state index contributed by atoms with van der Waals surface area (Å²) in [5.41, 5.74) is 1.23. The van der Waals surface area contributed by atoms with Gasteiger partial charge in [0.05, 0.1) is 13.2 Å². The number of carbonyl (C=O) groups is 5. The average molecular weight is 631 g/mol. The first-order chi connectivity index (χ1) is 22.3. The molecule has 4 N–H and O–H groups in total. The smallest absolute Gasteiger partial charge is 0.289 e. The topological polar surface area (TPSA) is 156 Å². The zero-order valence-electron chi connectivity index (χ0n) is 26.1. The minimum Gasteiger partial charge on any atom is -0.493 e. The number of rotatable bonds is 13. The van der Waals surface area contributed by atoms with E-state index in [1.165, 1.54) is 7.11 Å². The van der Waals surface area contributed by atoms with Crippen molar-refractivity contribution in [3.8, 4) is 5.75 Å². The Balaban J connectivity index is 1.34. The van der Waals surface area contributed by atoms with Gasteiger partial charge in [0, 0.05) is 24.4 Å². The number of hydrogen-bond acceptors (Lipinski definition) is 7. The number of nitrogens with one attached hydrogen (secondary N) is 4. The van der Waals surface area contributed by atoms with E-state index in [0.29, 0.717) is 36.1 Å². The number of benzene rings is 2. The van der Waals surface area contributed by atoms with Crippen LogP contribution in [0.15, 0.2) is 59.0 Å². The highest BCUT2D eigenvalue weighted by Crippen LogP contribution is 2.30. The van der Waals surface area contributed by atoms with E-state index in [2.05, 4.69) is 21.3 Å². The van der Waals surface area contributed by atoms with Gasteiger partial charge in [0.2, 0.25) is 17.6 Å². The van der Waals surface area contributed by atoms with Crippen LogP contribution < -0.4 is 26.0 Å². The lowest BCUT2D eigenvalue weighted by Gasteiger charge is -2.29. The third-order valence-electron chi connectivity index (χ3n) is 8.94. The summed E-state index contributed by atoms with van der Waals surface area (Å²) in [4.78, 5) is 66.6. The van der Waals surface area contributed by atoms with Crippen molar-refractivity contribution in [2.75, 3.05) is 13.7 Å². The van der Waals surface area contributed by atoms with Gasteiger partial charge in [0.15, 0.2) is 17.1 Å². The summed E-state index contributed by atoms with van der Waals surface area (Å²) in [6.07, 6.45) is 6.66. The molecule has 1 saturated heterocycles. The van der Waals surface area contributed by atoms with E-state index in [1.54, 1.807) is 24.3 Å². The summed E-state index contributed by atoms with van der Waals surface area (Å²) in [6, 6.07) is 13.8. The fraction of sp³-hybridized carbons (Fsp3) is 0.457. The van der Waals surface area contributed by atoms with Gasteiger partial charge in [-0.1, -0.05) is 74.6 Å². The highest BCUT2D eigenvalue weighted by atomic mass is 16.5. The molecular weight excluding hydrogens is 588 g/mol. The number of methoxy groups -OCH3 is 1. The fourth-order valence-corrected chi connectivity index (χ4v) is 6.40. The molecule has 0 spiro atoms. The summed E-state index contributed by atoms with van der Waals surface area (Å²) in [6.45, 7) is 0.680. The molecule has 2 fully saturated rings. The third-order valence-corrected chi connectivity index (χ3v) is 8.94. The van der Waals surface area contributed by atoms with Gasteiger partial charge in [-0.05, 0) is 49.3 Å². The van der Waals surface area contributed by atoms with Crippen LogP contribution in [0.1, 0.15) is 73.9 Å². The van der Waals surface area contributed by atoms with Crippen LogP contribution in [-0.4, -0.2) is 55.2 Å². The number of ether oxygens (including phenoxy) is 1. The predicted octanol–water partition coefficient (Wildman–Crippen LogP) is 3.80. The van der Waals surface area contributed by atoms with Crippen LogP contribution >= 0.6 is 0 Å². The molecule has 3 aromatic rings. The van der Waals surface area contributed by atoms with E-state index in [1.807, 2.05) is 30.3 Å². The number of Topliss-reactive ketones (excluding diaryl/α,β-unsaturated/α-hetero) is 1. The van der Waals surface area contributed by atoms with E-state index >= 15 is 0 Å². The number of furan rings is 1. The molecule has 3 unspecified atom stereocenters. The van der Waals surface area contributed by atoms with E-state index in [9.17, 15) is 24.0 Å². The maximum atomic E-state index is 13.9. The third kappa shape index (κ3) is 8.32. The molecule has 1 aliphatic heterocycles. The van der Waals surface area contributed by atoms with Crippen molar-refractivity contribution >= 4 is 40.4 Å². The van der Waals surface area contributed by atoms with Gasteiger partial charge in [-0.3, -0.25) is 24.0 Å². The van der Waals surface area contributed by atoms with Crippen LogP contribution in [0.2, 0.25) is 0 Å². The van der Waals surface area contributed by atoms with Gasteiger partial charge in [-0.25, -0.2) is 0 Å². The molecule has 4 amide bonds. The highest BCUT2D eigenvalue weighted by Gasteiger charge is 2.36. The molecule has 5 rings (SSSR count). The minimum absolute atomic E-state index is 0.0211. The Bertz CT molecular complexity index is 1550. The van der Waals surface area contributed by atoms with Crippen molar-refractivity contribution in [3.63, 3.8) is 0 Å². The van der Waals surface area contributed by atoms with E-state index in [0.717, 1.165) is 44.1 Å². The summed E-state index contributed by atoms with van der Waals surface area (Å²) >= 11 is 0. The van der Waals surface area contributed by atoms with Gasteiger partial charge < -0.3 is 30.4 Å². The molecule has 244 valence electrons. The predicted molar refractivity (Wildman–Crippen MR) is 171 cm³/mol. The van der Waals surface area contributed by atoms with E-state index in [4.69, 9.17) is 9.15 Å². The van der Waals surface area contributed by atoms with Crippen molar-refractivity contribution in [1.82, 2.24) is 21.3 Å². The van der Waals surface area contributed by atoms with Crippen LogP contribution in [-0.2, 0) is 25.7 Å². The Morgan fingerprint density at radius 1 is 0.913 bits per heavy atom. The zero-order valence-corrected chi connectivity index (χ0v) is 26.1. The SMILES string of the molecule is COc1cccc2cc(C(=O)NC(CC3CCCCC3)C(=O)NC(CC3CCCNC3=O)C(=O)C(=O)NCc3ccccc3)oc12. The molecule has 1 saturated carbocycles. The number of para-hydroxylation sites is 1. The Morgan fingerprint density at radius 3 is 2.43 bits per heavy atom. The normalized spacial score (nSPS) is 18.2. The lowest BCUT2D eigenvalue weighted by molar-refractivity contribution is -0.141. The van der Waals surface area contributed by atoms with Gasteiger partial charge in [0.25, 0.3) is 11.8 Å². The first-order valence-electron chi connectivity index (χ1n) is 16.1.